The number of carbonyl (C=O) groups is 1. The van der Waals surface area contributed by atoms with Gasteiger partial charge in [-0.05, 0) is 24.1 Å². The average Bonchev–Trinajstić information content (AvgIpc) is 2.19. The van der Waals surface area contributed by atoms with E-state index in [0.717, 1.165) is 0 Å². The Morgan fingerprint density at radius 2 is 2.27 bits per heavy atom. The third kappa shape index (κ3) is 3.47. The molecule has 0 aromatic heterocycles. The van der Waals surface area contributed by atoms with E-state index in [1.807, 2.05) is 0 Å². The molecule has 0 fully saturated rings. The Labute approximate surface area is 91.2 Å². The van der Waals surface area contributed by atoms with E-state index >= 15 is 0 Å². The van der Waals surface area contributed by atoms with Crippen LogP contribution in [-0.4, -0.2) is 11.5 Å². The minimum absolute atomic E-state index is 0.132. The van der Waals surface area contributed by atoms with Crippen LogP contribution < -0.4 is 5.32 Å². The van der Waals surface area contributed by atoms with Crippen molar-refractivity contribution in [2.24, 2.45) is 0 Å². The predicted octanol–water partition coefficient (Wildman–Crippen LogP) is 2.28. The van der Waals surface area contributed by atoms with E-state index in [1.54, 1.807) is 13.0 Å². The number of aryl methyl sites for hydroxylation is 1. The molecule has 1 aromatic carbocycles. The molecule has 1 atom stereocenters. The van der Waals surface area contributed by atoms with Gasteiger partial charge in [-0.1, -0.05) is 23.7 Å². The van der Waals surface area contributed by atoms with Crippen molar-refractivity contribution in [1.82, 2.24) is 5.32 Å². The highest BCUT2D eigenvalue weighted by Crippen LogP contribution is 2.09. The van der Waals surface area contributed by atoms with Gasteiger partial charge in [0, 0.05) is 6.54 Å². The van der Waals surface area contributed by atoms with E-state index in [-0.39, 0.29) is 12.4 Å². The van der Waals surface area contributed by atoms with E-state index in [4.69, 9.17) is 11.6 Å². The van der Waals surface area contributed by atoms with E-state index in [1.165, 1.54) is 12.1 Å². The number of hydrogen-bond acceptors (Lipinski definition) is 1. The fraction of sp³-hybridized carbons (Fsp3) is 0.300. The summed E-state index contributed by atoms with van der Waals surface area (Å²) in [6.07, 6.45) is 0. The van der Waals surface area contributed by atoms with E-state index in [0.29, 0.717) is 11.1 Å². The molecule has 1 rings (SSSR count). The van der Waals surface area contributed by atoms with E-state index in [2.05, 4.69) is 5.32 Å². The normalized spacial score (nSPS) is 12.3. The molecule has 0 spiro atoms. The summed E-state index contributed by atoms with van der Waals surface area (Å²) in [5.74, 6) is -1.20. The van der Waals surface area contributed by atoms with Crippen LogP contribution in [0.3, 0.4) is 0 Å². The number of carbonyl (C=O) groups excluding carboxylic acids is 1. The van der Waals surface area contributed by atoms with Crippen LogP contribution >= 0.6 is 11.6 Å². The first-order valence-corrected chi connectivity index (χ1v) is 4.75. The molecule has 0 saturated heterocycles. The van der Waals surface area contributed by atoms with Crippen LogP contribution in [0.4, 0.5) is 8.78 Å². The zero-order valence-electron chi connectivity index (χ0n) is 8.06. The number of amides is 1. The zero-order chi connectivity index (χ0) is 11.4. The van der Waals surface area contributed by atoms with Crippen molar-refractivity contribution in [2.45, 2.75) is 19.1 Å². The van der Waals surface area contributed by atoms with Crippen LogP contribution in [0.5, 0.6) is 0 Å². The summed E-state index contributed by atoms with van der Waals surface area (Å²) in [6, 6.07) is 4.39. The number of hydrogen-bond donors (Lipinski definition) is 1. The van der Waals surface area contributed by atoms with E-state index in [9.17, 15) is 13.6 Å². The third-order valence-electron chi connectivity index (χ3n) is 1.89. The highest BCUT2D eigenvalue weighted by atomic mass is 35.5. The third-order valence-corrected chi connectivity index (χ3v) is 2.09. The molecule has 0 heterocycles. The molecule has 15 heavy (non-hydrogen) atoms. The molecule has 0 radical (unpaired) electrons. The summed E-state index contributed by atoms with van der Waals surface area (Å²) in [4.78, 5) is 10.8. The molecule has 2 nitrogen and oxygen atoms in total. The van der Waals surface area contributed by atoms with Crippen LogP contribution in [0.2, 0.25) is 0 Å². The fourth-order valence-corrected chi connectivity index (χ4v) is 1.16. The summed E-state index contributed by atoms with van der Waals surface area (Å²) in [5.41, 5.74) is -0.879. The van der Waals surface area contributed by atoms with Crippen LogP contribution in [-0.2, 0) is 11.3 Å². The van der Waals surface area contributed by atoms with Crippen LogP contribution in [0.15, 0.2) is 18.2 Å². The molecule has 0 aliphatic heterocycles. The summed E-state index contributed by atoms with van der Waals surface area (Å²) in [5, 5.41) is 2.28. The largest absolute Gasteiger partial charge is 0.348 e. The molecule has 82 valence electrons. The lowest BCUT2D eigenvalue weighted by Gasteiger charge is -2.06. The van der Waals surface area contributed by atoms with Gasteiger partial charge in [-0.25, -0.2) is 8.78 Å². The Balaban J connectivity index is 2.58. The number of rotatable bonds is 3. The van der Waals surface area contributed by atoms with Gasteiger partial charge in [0.1, 0.15) is 5.82 Å². The molecule has 1 amide bonds. The number of nitrogens with one attached hydrogen (secondary N) is 1. The maximum absolute atomic E-state index is 12.9. The second kappa shape index (κ2) is 5.07. The summed E-state index contributed by atoms with van der Waals surface area (Å²) < 4.78 is 25.1. The Morgan fingerprint density at radius 1 is 1.60 bits per heavy atom. The second-order valence-corrected chi connectivity index (χ2v) is 3.49. The van der Waals surface area contributed by atoms with Gasteiger partial charge in [0.05, 0.1) is 0 Å². The molecule has 0 aliphatic carbocycles. The van der Waals surface area contributed by atoms with Gasteiger partial charge in [0.25, 0.3) is 11.5 Å². The van der Waals surface area contributed by atoms with Crippen molar-refractivity contribution in [3.05, 3.63) is 35.1 Å². The fourth-order valence-electron chi connectivity index (χ4n) is 1.08. The van der Waals surface area contributed by atoms with Gasteiger partial charge >= 0.3 is 0 Å². The van der Waals surface area contributed by atoms with Crippen LogP contribution in [0.1, 0.15) is 11.1 Å². The zero-order valence-corrected chi connectivity index (χ0v) is 8.81. The molecule has 0 bridgehead atoms. The molecule has 0 saturated carbocycles. The maximum atomic E-state index is 12.9. The lowest BCUT2D eigenvalue weighted by atomic mass is 10.1. The quantitative estimate of drug-likeness (QED) is 0.798. The Kier molecular flexibility index (Phi) is 4.03. The van der Waals surface area contributed by atoms with Crippen molar-refractivity contribution < 1.29 is 13.6 Å². The van der Waals surface area contributed by atoms with E-state index < -0.39 is 11.5 Å². The highest BCUT2D eigenvalue weighted by molar-refractivity contribution is 6.29. The smallest absolute Gasteiger partial charge is 0.270 e. The van der Waals surface area contributed by atoms with Gasteiger partial charge in [0.15, 0.2) is 0 Å². The Morgan fingerprint density at radius 3 is 2.80 bits per heavy atom. The molecule has 0 aliphatic rings. The van der Waals surface area contributed by atoms with Crippen LogP contribution in [0, 0.1) is 12.7 Å². The molecular formula is C10H10ClF2NO. The topological polar surface area (TPSA) is 29.1 Å². The molecule has 1 unspecified atom stereocenters. The maximum Gasteiger partial charge on any atom is 0.270 e. The van der Waals surface area contributed by atoms with Crippen molar-refractivity contribution in [1.29, 1.82) is 0 Å². The lowest BCUT2D eigenvalue weighted by Crippen LogP contribution is -2.28. The first kappa shape index (κ1) is 11.9. The summed E-state index contributed by atoms with van der Waals surface area (Å²) in [7, 11) is 0. The van der Waals surface area contributed by atoms with Crippen molar-refractivity contribution in [3.8, 4) is 0 Å². The minimum atomic E-state index is -2.05. The predicted molar refractivity (Wildman–Crippen MR) is 53.7 cm³/mol. The van der Waals surface area contributed by atoms with Gasteiger partial charge in [-0.3, -0.25) is 4.79 Å². The van der Waals surface area contributed by atoms with Crippen molar-refractivity contribution in [2.75, 3.05) is 0 Å². The highest BCUT2D eigenvalue weighted by Gasteiger charge is 2.12. The van der Waals surface area contributed by atoms with Crippen molar-refractivity contribution >= 4 is 17.5 Å². The first-order valence-electron chi connectivity index (χ1n) is 4.31. The summed E-state index contributed by atoms with van der Waals surface area (Å²) >= 11 is 4.91. The number of halogens is 3. The minimum Gasteiger partial charge on any atom is -0.348 e. The van der Waals surface area contributed by atoms with Gasteiger partial charge in [-0.15, -0.1) is 0 Å². The Hall–Kier alpha value is -1.16. The van der Waals surface area contributed by atoms with Gasteiger partial charge in [-0.2, -0.15) is 0 Å². The SMILES string of the molecule is Cc1cc(CNC(=O)C(F)Cl)ccc1F. The van der Waals surface area contributed by atoms with Gasteiger partial charge < -0.3 is 5.32 Å². The van der Waals surface area contributed by atoms with Gasteiger partial charge in [0.2, 0.25) is 0 Å². The monoisotopic (exact) mass is 233 g/mol. The summed E-state index contributed by atoms with van der Waals surface area (Å²) in [6.45, 7) is 1.74. The van der Waals surface area contributed by atoms with Crippen molar-refractivity contribution in [3.63, 3.8) is 0 Å². The molecule has 1 aromatic rings. The average molecular weight is 234 g/mol. The number of alkyl halides is 2. The molecule has 1 N–H and O–H groups in total. The standard InChI is InChI=1S/C10H10ClF2NO/c1-6-4-7(2-3-8(6)12)5-14-10(15)9(11)13/h2-4,9H,5H2,1H3,(H,14,15). The number of benzene rings is 1. The lowest BCUT2D eigenvalue weighted by molar-refractivity contribution is -0.123. The second-order valence-electron chi connectivity index (χ2n) is 3.10. The molecular weight excluding hydrogens is 224 g/mol. The first-order chi connectivity index (χ1) is 7.00. The Bertz CT molecular complexity index is 368. The molecule has 5 heteroatoms. The van der Waals surface area contributed by atoms with Crippen LogP contribution in [0.25, 0.3) is 0 Å².